The highest BCUT2D eigenvalue weighted by Gasteiger charge is 2.22. The van der Waals surface area contributed by atoms with Crippen LogP contribution in [0.4, 0.5) is 0 Å². The van der Waals surface area contributed by atoms with Gasteiger partial charge in [-0.05, 0) is 46.0 Å². The van der Waals surface area contributed by atoms with Gasteiger partial charge in [-0.2, -0.15) is 0 Å². The zero-order valence-corrected chi connectivity index (χ0v) is 20.4. The fourth-order valence-corrected chi connectivity index (χ4v) is 4.01. The van der Waals surface area contributed by atoms with E-state index in [1.807, 2.05) is 0 Å². The normalized spacial score (nSPS) is 13.6. The van der Waals surface area contributed by atoms with Crippen molar-refractivity contribution >= 4 is 11.8 Å². The Kier molecular flexibility index (Phi) is 15.8. The molecule has 4 nitrogen and oxygen atoms in total. The summed E-state index contributed by atoms with van der Waals surface area (Å²) in [6.07, 6.45) is 21.2. The molecule has 0 aliphatic heterocycles. The lowest BCUT2D eigenvalue weighted by Crippen LogP contribution is -2.37. The van der Waals surface area contributed by atoms with Crippen LogP contribution in [0.1, 0.15) is 136 Å². The van der Waals surface area contributed by atoms with Gasteiger partial charge in [-0.25, -0.2) is 0 Å². The van der Waals surface area contributed by atoms with E-state index < -0.39 is 0 Å². The molecule has 2 amide bonds. The molecule has 0 saturated heterocycles. The van der Waals surface area contributed by atoms with Gasteiger partial charge >= 0.3 is 0 Å². The summed E-state index contributed by atoms with van der Waals surface area (Å²) in [6.45, 7) is 7.35. The van der Waals surface area contributed by atoms with Gasteiger partial charge in [-0.3, -0.25) is 9.59 Å². The van der Waals surface area contributed by atoms with Gasteiger partial charge in [0.15, 0.2) is 0 Å². The monoisotopic (exact) mass is 422 g/mol. The molecule has 1 rings (SSSR count). The van der Waals surface area contributed by atoms with Crippen LogP contribution in [-0.2, 0) is 9.59 Å². The second-order valence-corrected chi connectivity index (χ2v) is 9.62. The van der Waals surface area contributed by atoms with Crippen LogP contribution in [0.25, 0.3) is 0 Å². The molecule has 1 aliphatic carbocycles. The van der Waals surface area contributed by atoms with Crippen LogP contribution in [-0.4, -0.2) is 35.3 Å². The van der Waals surface area contributed by atoms with Crippen molar-refractivity contribution in [2.75, 3.05) is 6.54 Å². The van der Waals surface area contributed by atoms with Gasteiger partial charge < -0.3 is 10.2 Å². The van der Waals surface area contributed by atoms with E-state index in [4.69, 9.17) is 0 Å². The third kappa shape index (κ3) is 14.8. The molecule has 0 bridgehead atoms. The Morgan fingerprint density at radius 3 is 1.73 bits per heavy atom. The van der Waals surface area contributed by atoms with Crippen LogP contribution in [0.15, 0.2) is 0 Å². The molecule has 0 unspecified atom stereocenters. The number of nitrogens with zero attached hydrogens (tertiary/aromatic N) is 1. The average molecular weight is 423 g/mol. The van der Waals surface area contributed by atoms with Crippen molar-refractivity contribution in [1.29, 1.82) is 0 Å². The van der Waals surface area contributed by atoms with E-state index in [-0.39, 0.29) is 5.91 Å². The first kappa shape index (κ1) is 27.0. The van der Waals surface area contributed by atoms with Gasteiger partial charge in [0.25, 0.3) is 0 Å². The average Bonchev–Trinajstić information content (AvgIpc) is 3.52. The number of unbranched alkanes of at least 4 members (excludes halogenated alkanes) is 12. The number of hydrogen-bond acceptors (Lipinski definition) is 2. The summed E-state index contributed by atoms with van der Waals surface area (Å²) in [7, 11) is 0. The standard InChI is InChI=1S/C26H50N2O2/c1-4-5-19-26(30)28(23(2)3)22-17-15-13-11-9-7-6-8-10-12-14-16-18-25(29)27-24-20-21-24/h23-24H,4-22H2,1-3H3,(H,27,29). The second kappa shape index (κ2) is 17.6. The van der Waals surface area contributed by atoms with E-state index >= 15 is 0 Å². The Morgan fingerprint density at radius 1 is 0.767 bits per heavy atom. The zero-order chi connectivity index (χ0) is 22.0. The predicted molar refractivity (Wildman–Crippen MR) is 128 cm³/mol. The molecule has 176 valence electrons. The van der Waals surface area contributed by atoms with Crippen LogP contribution >= 0.6 is 0 Å². The molecule has 1 fully saturated rings. The number of amides is 2. The molecule has 4 heteroatoms. The Balaban J connectivity index is 1.83. The number of hydrogen-bond donors (Lipinski definition) is 1. The summed E-state index contributed by atoms with van der Waals surface area (Å²) in [5, 5.41) is 3.06. The number of carbonyl (C=O) groups excluding carboxylic acids is 2. The molecule has 0 aromatic carbocycles. The van der Waals surface area contributed by atoms with Crippen molar-refractivity contribution in [2.45, 2.75) is 148 Å². The van der Waals surface area contributed by atoms with Crippen molar-refractivity contribution in [1.82, 2.24) is 10.2 Å². The molecule has 1 saturated carbocycles. The third-order valence-corrected chi connectivity index (χ3v) is 6.18. The number of nitrogens with one attached hydrogen (secondary N) is 1. The summed E-state index contributed by atoms with van der Waals surface area (Å²) in [4.78, 5) is 25.9. The van der Waals surface area contributed by atoms with E-state index in [2.05, 4.69) is 31.0 Å². The van der Waals surface area contributed by atoms with E-state index in [1.54, 1.807) is 0 Å². The molecule has 1 aliphatic rings. The molecule has 30 heavy (non-hydrogen) atoms. The van der Waals surface area contributed by atoms with Gasteiger partial charge in [0.1, 0.15) is 0 Å². The third-order valence-electron chi connectivity index (χ3n) is 6.18. The summed E-state index contributed by atoms with van der Waals surface area (Å²) < 4.78 is 0. The van der Waals surface area contributed by atoms with Crippen LogP contribution in [0, 0.1) is 0 Å². The van der Waals surface area contributed by atoms with Crippen LogP contribution in [0.2, 0.25) is 0 Å². The van der Waals surface area contributed by atoms with Crippen molar-refractivity contribution in [3.8, 4) is 0 Å². The molecule has 0 spiro atoms. The summed E-state index contributed by atoms with van der Waals surface area (Å²) in [6, 6.07) is 0.834. The molecule has 0 aromatic heterocycles. The Labute approximate surface area is 186 Å². The minimum Gasteiger partial charge on any atom is -0.353 e. The van der Waals surface area contributed by atoms with E-state index in [0.29, 0.717) is 24.4 Å². The summed E-state index contributed by atoms with van der Waals surface area (Å²) >= 11 is 0. The lowest BCUT2D eigenvalue weighted by atomic mass is 10.0. The van der Waals surface area contributed by atoms with Gasteiger partial charge in [0.2, 0.25) is 11.8 Å². The van der Waals surface area contributed by atoms with Crippen LogP contribution in [0.3, 0.4) is 0 Å². The smallest absolute Gasteiger partial charge is 0.222 e. The molecular weight excluding hydrogens is 372 g/mol. The van der Waals surface area contributed by atoms with Crippen LogP contribution < -0.4 is 5.32 Å². The van der Waals surface area contributed by atoms with Gasteiger partial charge in [-0.1, -0.05) is 77.6 Å². The Hall–Kier alpha value is -1.06. The lowest BCUT2D eigenvalue weighted by Gasteiger charge is -2.27. The first-order valence-corrected chi connectivity index (χ1v) is 13.1. The van der Waals surface area contributed by atoms with E-state index in [0.717, 1.165) is 38.6 Å². The quantitative estimate of drug-likeness (QED) is 0.220. The summed E-state index contributed by atoms with van der Waals surface area (Å²) in [5.41, 5.74) is 0. The van der Waals surface area contributed by atoms with Crippen LogP contribution in [0.5, 0.6) is 0 Å². The topological polar surface area (TPSA) is 49.4 Å². The number of carbonyl (C=O) groups is 2. The fourth-order valence-electron chi connectivity index (χ4n) is 4.01. The highest BCUT2D eigenvalue weighted by atomic mass is 16.2. The van der Waals surface area contributed by atoms with Gasteiger partial charge in [-0.15, -0.1) is 0 Å². The van der Waals surface area contributed by atoms with Crippen molar-refractivity contribution < 1.29 is 9.59 Å². The Bertz CT molecular complexity index is 446. The minimum atomic E-state index is 0.262. The zero-order valence-electron chi connectivity index (χ0n) is 20.4. The summed E-state index contributed by atoms with van der Waals surface area (Å²) in [5.74, 6) is 0.603. The van der Waals surface area contributed by atoms with E-state index in [1.165, 1.54) is 77.0 Å². The lowest BCUT2D eigenvalue weighted by molar-refractivity contribution is -0.133. The molecule has 0 heterocycles. The SMILES string of the molecule is CCCCC(=O)N(CCCCCCCCCCCCCCC(=O)NC1CC1)C(C)C. The van der Waals surface area contributed by atoms with Crippen molar-refractivity contribution in [3.05, 3.63) is 0 Å². The highest BCUT2D eigenvalue weighted by Crippen LogP contribution is 2.19. The molecule has 0 aromatic rings. The molecule has 1 N–H and O–H groups in total. The second-order valence-electron chi connectivity index (χ2n) is 9.62. The van der Waals surface area contributed by atoms with Gasteiger partial charge in [0.05, 0.1) is 0 Å². The van der Waals surface area contributed by atoms with Crippen molar-refractivity contribution in [3.63, 3.8) is 0 Å². The van der Waals surface area contributed by atoms with Crippen molar-refractivity contribution in [2.24, 2.45) is 0 Å². The predicted octanol–water partition coefficient (Wildman–Crippen LogP) is 6.76. The highest BCUT2D eigenvalue weighted by molar-refractivity contribution is 5.76. The molecular formula is C26H50N2O2. The molecule has 0 radical (unpaired) electrons. The molecule has 0 atom stereocenters. The largest absolute Gasteiger partial charge is 0.353 e. The Morgan fingerprint density at radius 2 is 1.27 bits per heavy atom. The first-order valence-electron chi connectivity index (χ1n) is 13.1. The maximum absolute atomic E-state index is 12.3. The minimum absolute atomic E-state index is 0.262. The first-order chi connectivity index (χ1) is 14.5. The van der Waals surface area contributed by atoms with Gasteiger partial charge in [0, 0.05) is 31.5 Å². The number of rotatable bonds is 20. The maximum atomic E-state index is 12.3. The maximum Gasteiger partial charge on any atom is 0.222 e. The fraction of sp³-hybridized carbons (Fsp3) is 0.923. The van der Waals surface area contributed by atoms with E-state index in [9.17, 15) is 9.59 Å².